The second kappa shape index (κ2) is 3.81. The molecule has 1 aromatic carbocycles. The summed E-state index contributed by atoms with van der Waals surface area (Å²) < 4.78 is 5.55. The lowest BCUT2D eigenvalue weighted by molar-refractivity contribution is -0.384. The monoisotopic (exact) mass is 218 g/mol. The lowest BCUT2D eigenvalue weighted by Gasteiger charge is -2.11. The van der Waals surface area contributed by atoms with Crippen LogP contribution < -0.4 is 4.74 Å². The van der Waals surface area contributed by atoms with E-state index in [-0.39, 0.29) is 17.7 Å². The number of nitrogens with zero attached hydrogens (tertiary/aromatic N) is 2. The molecule has 1 aliphatic rings. The van der Waals surface area contributed by atoms with E-state index in [1.165, 1.54) is 12.1 Å². The minimum Gasteiger partial charge on any atom is -0.488 e. The summed E-state index contributed by atoms with van der Waals surface area (Å²) in [7, 11) is 0. The third-order valence-electron chi connectivity index (χ3n) is 2.72. The Labute approximate surface area is 92.4 Å². The van der Waals surface area contributed by atoms with E-state index in [2.05, 4.69) is 6.07 Å². The molecule has 0 aliphatic carbocycles. The summed E-state index contributed by atoms with van der Waals surface area (Å²) in [5.74, 6) is 0.434. The molecule has 0 aromatic heterocycles. The first kappa shape index (κ1) is 10.4. The molecule has 0 radical (unpaired) electrons. The van der Waals surface area contributed by atoms with E-state index in [4.69, 9.17) is 10.00 Å². The van der Waals surface area contributed by atoms with Crippen LogP contribution in [0.1, 0.15) is 12.5 Å². The van der Waals surface area contributed by atoms with Crippen molar-refractivity contribution < 1.29 is 9.66 Å². The van der Waals surface area contributed by atoms with E-state index in [1.807, 2.05) is 0 Å². The number of rotatable bonds is 2. The third-order valence-corrected chi connectivity index (χ3v) is 2.72. The van der Waals surface area contributed by atoms with Gasteiger partial charge >= 0.3 is 0 Å². The summed E-state index contributed by atoms with van der Waals surface area (Å²) in [6, 6.07) is 6.64. The highest BCUT2D eigenvalue weighted by Gasteiger charge is 2.28. The lowest BCUT2D eigenvalue weighted by atomic mass is 10.0. The number of hydrogen-bond donors (Lipinski definition) is 0. The van der Waals surface area contributed by atoms with Gasteiger partial charge in [-0.25, -0.2) is 0 Å². The highest BCUT2D eigenvalue weighted by Crippen LogP contribution is 2.33. The summed E-state index contributed by atoms with van der Waals surface area (Å²) in [4.78, 5) is 10.2. The van der Waals surface area contributed by atoms with Gasteiger partial charge in [0.25, 0.3) is 5.69 Å². The predicted molar refractivity (Wildman–Crippen MR) is 56.0 cm³/mol. The lowest BCUT2D eigenvalue weighted by Crippen LogP contribution is -2.21. The molecule has 0 spiro atoms. The first-order chi connectivity index (χ1) is 7.61. The van der Waals surface area contributed by atoms with Crippen molar-refractivity contribution in [3.05, 3.63) is 33.9 Å². The normalized spacial score (nSPS) is 19.4. The maximum absolute atomic E-state index is 10.6. The van der Waals surface area contributed by atoms with Crippen LogP contribution in [0.5, 0.6) is 5.75 Å². The summed E-state index contributed by atoms with van der Waals surface area (Å²) in [5, 5.41) is 19.4. The smallest absolute Gasteiger partial charge is 0.269 e. The van der Waals surface area contributed by atoms with Gasteiger partial charge in [0.1, 0.15) is 11.9 Å². The van der Waals surface area contributed by atoms with E-state index in [1.54, 1.807) is 13.0 Å². The standard InChI is InChI=1S/C11H10N2O3/c1-7(6-12)11-5-8-4-9(13(14)15)2-3-10(8)16-11/h2-4,7,11H,5H2,1H3. The largest absolute Gasteiger partial charge is 0.488 e. The van der Waals surface area contributed by atoms with Crippen molar-refractivity contribution in [1.29, 1.82) is 5.26 Å². The van der Waals surface area contributed by atoms with Crippen molar-refractivity contribution in [1.82, 2.24) is 0 Å². The molecule has 0 saturated carbocycles. The van der Waals surface area contributed by atoms with E-state index in [0.29, 0.717) is 12.2 Å². The molecule has 0 fully saturated rings. The van der Waals surface area contributed by atoms with Crippen LogP contribution in [0.2, 0.25) is 0 Å². The zero-order chi connectivity index (χ0) is 11.7. The van der Waals surface area contributed by atoms with E-state index < -0.39 is 4.92 Å². The van der Waals surface area contributed by atoms with Crippen LogP contribution in [0.25, 0.3) is 0 Å². The van der Waals surface area contributed by atoms with E-state index >= 15 is 0 Å². The zero-order valence-electron chi connectivity index (χ0n) is 8.71. The van der Waals surface area contributed by atoms with Crippen LogP contribution in [-0.4, -0.2) is 11.0 Å². The van der Waals surface area contributed by atoms with Gasteiger partial charge in [0, 0.05) is 24.1 Å². The van der Waals surface area contributed by atoms with Crippen LogP contribution in [-0.2, 0) is 6.42 Å². The molecule has 0 amide bonds. The maximum Gasteiger partial charge on any atom is 0.269 e. The molecule has 0 saturated heterocycles. The number of fused-ring (bicyclic) bond motifs is 1. The molecule has 1 heterocycles. The third kappa shape index (κ3) is 1.70. The number of hydrogen-bond acceptors (Lipinski definition) is 4. The number of nitriles is 1. The first-order valence-corrected chi connectivity index (χ1v) is 4.95. The average Bonchev–Trinajstić information content (AvgIpc) is 2.70. The molecule has 1 aliphatic heterocycles. The van der Waals surface area contributed by atoms with Crippen LogP contribution in [0.3, 0.4) is 0 Å². The zero-order valence-corrected chi connectivity index (χ0v) is 8.71. The van der Waals surface area contributed by atoms with Gasteiger partial charge < -0.3 is 4.74 Å². The quantitative estimate of drug-likeness (QED) is 0.562. The van der Waals surface area contributed by atoms with Gasteiger partial charge in [0.2, 0.25) is 0 Å². The molecule has 16 heavy (non-hydrogen) atoms. The van der Waals surface area contributed by atoms with Gasteiger partial charge in [0.15, 0.2) is 0 Å². The molecule has 1 aromatic rings. The van der Waals surface area contributed by atoms with Gasteiger partial charge in [0.05, 0.1) is 16.9 Å². The Hall–Kier alpha value is -2.09. The van der Waals surface area contributed by atoms with Gasteiger partial charge in [-0.15, -0.1) is 0 Å². The fraction of sp³-hybridized carbons (Fsp3) is 0.364. The Morgan fingerprint density at radius 1 is 1.69 bits per heavy atom. The Morgan fingerprint density at radius 2 is 2.44 bits per heavy atom. The molecular formula is C11H10N2O3. The molecule has 5 heteroatoms. The van der Waals surface area contributed by atoms with E-state index in [9.17, 15) is 10.1 Å². The second-order valence-corrected chi connectivity index (χ2v) is 3.83. The fourth-order valence-corrected chi connectivity index (χ4v) is 1.74. The van der Waals surface area contributed by atoms with Crippen molar-refractivity contribution in [3.8, 4) is 11.8 Å². The van der Waals surface area contributed by atoms with Gasteiger partial charge in [-0.1, -0.05) is 0 Å². The summed E-state index contributed by atoms with van der Waals surface area (Å²) in [6.07, 6.45) is 0.369. The van der Waals surface area contributed by atoms with Gasteiger partial charge in [-0.3, -0.25) is 10.1 Å². The Balaban J connectivity index is 2.25. The van der Waals surface area contributed by atoms with Crippen molar-refractivity contribution in [2.45, 2.75) is 19.4 Å². The highest BCUT2D eigenvalue weighted by molar-refractivity contribution is 5.46. The molecule has 2 unspecified atom stereocenters. The minimum absolute atomic E-state index is 0.0626. The fourth-order valence-electron chi connectivity index (χ4n) is 1.74. The second-order valence-electron chi connectivity index (χ2n) is 3.83. The Morgan fingerprint density at radius 3 is 3.06 bits per heavy atom. The summed E-state index contributed by atoms with van der Waals surface area (Å²) >= 11 is 0. The van der Waals surface area contributed by atoms with Crippen LogP contribution in [0.4, 0.5) is 5.69 Å². The molecule has 2 rings (SSSR count). The highest BCUT2D eigenvalue weighted by atomic mass is 16.6. The number of nitro groups is 1. The first-order valence-electron chi connectivity index (χ1n) is 4.95. The predicted octanol–water partition coefficient (Wildman–Crippen LogP) is 2.06. The van der Waals surface area contributed by atoms with Crippen molar-refractivity contribution in [3.63, 3.8) is 0 Å². The topological polar surface area (TPSA) is 76.2 Å². The number of nitro benzene ring substituents is 1. The van der Waals surface area contributed by atoms with Crippen LogP contribution in [0, 0.1) is 27.4 Å². The van der Waals surface area contributed by atoms with Gasteiger partial charge in [-0.2, -0.15) is 5.26 Å². The number of non-ortho nitro benzene ring substituents is 1. The SMILES string of the molecule is CC(C#N)C1Cc2cc([N+](=O)[O-])ccc2O1. The van der Waals surface area contributed by atoms with Crippen molar-refractivity contribution >= 4 is 5.69 Å². The minimum atomic E-state index is -0.429. The van der Waals surface area contributed by atoms with Gasteiger partial charge in [-0.05, 0) is 13.0 Å². The summed E-state index contributed by atoms with van der Waals surface area (Å²) in [5.41, 5.74) is 0.869. The molecule has 0 N–H and O–H groups in total. The maximum atomic E-state index is 10.6. The molecule has 5 nitrogen and oxygen atoms in total. The van der Waals surface area contributed by atoms with Crippen molar-refractivity contribution in [2.75, 3.05) is 0 Å². The molecular weight excluding hydrogens is 208 g/mol. The summed E-state index contributed by atoms with van der Waals surface area (Å²) in [6.45, 7) is 1.78. The van der Waals surface area contributed by atoms with Crippen LogP contribution in [0.15, 0.2) is 18.2 Å². The molecule has 82 valence electrons. The molecule has 0 bridgehead atoms. The number of benzene rings is 1. The van der Waals surface area contributed by atoms with Crippen LogP contribution >= 0.6 is 0 Å². The Kier molecular flexibility index (Phi) is 2.49. The van der Waals surface area contributed by atoms with E-state index in [0.717, 1.165) is 5.56 Å². The average molecular weight is 218 g/mol. The van der Waals surface area contributed by atoms with Crippen molar-refractivity contribution in [2.24, 2.45) is 5.92 Å². The molecule has 2 atom stereocenters. The Bertz CT molecular complexity index is 479. The number of ether oxygens (including phenoxy) is 1.